The van der Waals surface area contributed by atoms with Gasteiger partial charge in [-0.2, -0.15) is 15.0 Å². The van der Waals surface area contributed by atoms with Gasteiger partial charge < -0.3 is 14.7 Å². The van der Waals surface area contributed by atoms with E-state index in [0.717, 1.165) is 116 Å². The Morgan fingerprint density at radius 3 is 0.822 bits per heavy atom. The van der Waals surface area contributed by atoms with E-state index in [0.29, 0.717) is 0 Å². The van der Waals surface area contributed by atoms with Gasteiger partial charge in [-0.15, -0.1) is 0 Å². The highest BCUT2D eigenvalue weighted by atomic mass is 15.4. The minimum Gasteiger partial charge on any atom is -0.338 e. The van der Waals surface area contributed by atoms with Crippen LogP contribution in [-0.2, 0) is 19.6 Å². The van der Waals surface area contributed by atoms with Gasteiger partial charge in [0.05, 0.1) is 0 Å². The van der Waals surface area contributed by atoms with Gasteiger partial charge in [-0.1, -0.05) is 91.0 Å². The topological polar surface area (TPSA) is 58.1 Å². The van der Waals surface area contributed by atoms with Crippen molar-refractivity contribution in [3.63, 3.8) is 0 Å². The van der Waals surface area contributed by atoms with Crippen molar-refractivity contribution >= 4 is 17.8 Å². The van der Waals surface area contributed by atoms with Gasteiger partial charge >= 0.3 is 0 Å². The largest absolute Gasteiger partial charge is 0.338 e. The van der Waals surface area contributed by atoms with E-state index in [1.54, 1.807) is 0 Å². The summed E-state index contributed by atoms with van der Waals surface area (Å²) >= 11 is 0. The summed E-state index contributed by atoms with van der Waals surface area (Å²) < 4.78 is 0. The highest BCUT2D eigenvalue weighted by Crippen LogP contribution is 2.23. The summed E-state index contributed by atoms with van der Waals surface area (Å²) in [7, 11) is 0. The number of aromatic nitrogens is 3. The van der Waals surface area contributed by atoms with E-state index >= 15 is 0 Å². The van der Waals surface area contributed by atoms with E-state index < -0.39 is 0 Å². The highest BCUT2D eigenvalue weighted by molar-refractivity contribution is 5.47. The molecular formula is C36H45N9. The number of anilines is 3. The molecule has 4 heterocycles. The van der Waals surface area contributed by atoms with Crippen LogP contribution >= 0.6 is 0 Å². The van der Waals surface area contributed by atoms with Crippen LogP contribution in [0.2, 0.25) is 0 Å². The Bertz CT molecular complexity index is 1270. The fraction of sp³-hybridized carbons (Fsp3) is 0.417. The molecule has 0 N–H and O–H groups in total. The van der Waals surface area contributed by atoms with E-state index in [1.165, 1.54) is 16.7 Å². The minimum absolute atomic E-state index is 0.827. The zero-order valence-electron chi connectivity index (χ0n) is 26.3. The van der Waals surface area contributed by atoms with Crippen LogP contribution < -0.4 is 14.7 Å². The minimum atomic E-state index is 0.827. The van der Waals surface area contributed by atoms with Crippen LogP contribution in [0, 0.1) is 0 Å². The molecule has 0 aliphatic carbocycles. The highest BCUT2D eigenvalue weighted by Gasteiger charge is 2.27. The van der Waals surface area contributed by atoms with Crippen molar-refractivity contribution in [2.24, 2.45) is 0 Å². The molecule has 3 fully saturated rings. The first kappa shape index (κ1) is 29.6. The van der Waals surface area contributed by atoms with Gasteiger partial charge in [0.2, 0.25) is 17.8 Å². The SMILES string of the molecule is c1ccc(CN2CCN(c3nc(N4CCN(Cc5ccccc5)CC4)nc(N4CCN(Cc5ccccc5)CC4)n3)CC2)cc1. The molecule has 0 radical (unpaired) electrons. The molecule has 0 saturated carbocycles. The summed E-state index contributed by atoms with van der Waals surface area (Å²) in [5, 5.41) is 0. The summed E-state index contributed by atoms with van der Waals surface area (Å²) in [6, 6.07) is 32.3. The number of piperazine rings is 3. The van der Waals surface area contributed by atoms with Crippen LogP contribution in [0.15, 0.2) is 91.0 Å². The monoisotopic (exact) mass is 603 g/mol. The quantitative estimate of drug-likeness (QED) is 0.284. The molecule has 9 heteroatoms. The Morgan fingerprint density at radius 1 is 0.333 bits per heavy atom. The third-order valence-electron chi connectivity index (χ3n) is 9.31. The second-order valence-corrected chi connectivity index (χ2v) is 12.5. The number of hydrogen-bond donors (Lipinski definition) is 0. The third kappa shape index (κ3) is 7.79. The van der Waals surface area contributed by atoms with Crippen LogP contribution in [0.25, 0.3) is 0 Å². The van der Waals surface area contributed by atoms with Crippen molar-refractivity contribution in [3.8, 4) is 0 Å². The fourth-order valence-electron chi connectivity index (χ4n) is 6.61. The standard InChI is InChI=1S/C36H45N9/c1-4-10-31(11-5-1)28-40-16-22-43(23-17-40)34-37-35(44-24-18-41(19-25-44)29-32-12-6-2-7-13-32)39-36(38-34)45-26-20-42(21-27-45)30-33-14-8-3-9-15-33/h1-15H,16-30H2. The summed E-state index contributed by atoms with van der Waals surface area (Å²) in [5.41, 5.74) is 4.11. The van der Waals surface area contributed by atoms with Gasteiger partial charge in [0, 0.05) is 98.2 Å². The lowest BCUT2D eigenvalue weighted by atomic mass is 10.2. The predicted molar refractivity (Wildman–Crippen MR) is 182 cm³/mol. The number of hydrogen-bond acceptors (Lipinski definition) is 9. The average molecular weight is 604 g/mol. The number of benzene rings is 3. The molecule has 3 aliphatic rings. The molecular weight excluding hydrogens is 558 g/mol. The first-order valence-corrected chi connectivity index (χ1v) is 16.5. The maximum absolute atomic E-state index is 5.12. The molecule has 3 aliphatic heterocycles. The smallest absolute Gasteiger partial charge is 0.232 e. The molecule has 3 aromatic carbocycles. The second kappa shape index (κ2) is 14.4. The Labute approximate surface area is 267 Å². The van der Waals surface area contributed by atoms with Gasteiger partial charge in [-0.3, -0.25) is 14.7 Å². The van der Waals surface area contributed by atoms with Crippen LogP contribution in [0.4, 0.5) is 17.8 Å². The summed E-state index contributed by atoms with van der Waals surface area (Å²) in [6.07, 6.45) is 0. The van der Waals surface area contributed by atoms with E-state index in [2.05, 4.69) is 120 Å². The summed E-state index contributed by atoms with van der Waals surface area (Å²) in [4.78, 5) is 30.1. The number of rotatable bonds is 9. The van der Waals surface area contributed by atoms with Gasteiger partial charge in [0.25, 0.3) is 0 Å². The zero-order chi connectivity index (χ0) is 30.3. The van der Waals surface area contributed by atoms with E-state index in [-0.39, 0.29) is 0 Å². The van der Waals surface area contributed by atoms with Gasteiger partial charge in [-0.05, 0) is 16.7 Å². The molecule has 0 amide bonds. The van der Waals surface area contributed by atoms with Gasteiger partial charge in [0.1, 0.15) is 0 Å². The maximum Gasteiger partial charge on any atom is 0.232 e. The Hall–Kier alpha value is -4.05. The molecule has 1 aromatic heterocycles. The van der Waals surface area contributed by atoms with Crippen LogP contribution in [0.1, 0.15) is 16.7 Å². The van der Waals surface area contributed by atoms with Gasteiger partial charge in [-0.25, -0.2) is 0 Å². The zero-order valence-corrected chi connectivity index (χ0v) is 26.3. The van der Waals surface area contributed by atoms with Crippen LogP contribution in [0.5, 0.6) is 0 Å². The first-order valence-electron chi connectivity index (χ1n) is 16.5. The predicted octanol–water partition coefficient (Wildman–Crippen LogP) is 3.84. The Kier molecular flexibility index (Phi) is 9.47. The molecule has 4 aromatic rings. The van der Waals surface area contributed by atoms with E-state index in [4.69, 9.17) is 15.0 Å². The molecule has 0 spiro atoms. The average Bonchev–Trinajstić information content (AvgIpc) is 3.10. The lowest BCUT2D eigenvalue weighted by Crippen LogP contribution is -2.49. The molecule has 234 valence electrons. The lowest BCUT2D eigenvalue weighted by Gasteiger charge is -2.38. The molecule has 45 heavy (non-hydrogen) atoms. The second-order valence-electron chi connectivity index (χ2n) is 12.5. The third-order valence-corrected chi connectivity index (χ3v) is 9.31. The van der Waals surface area contributed by atoms with Crippen molar-refractivity contribution in [1.29, 1.82) is 0 Å². The maximum atomic E-state index is 5.12. The molecule has 3 saturated heterocycles. The normalized spacial score (nSPS) is 18.8. The van der Waals surface area contributed by atoms with E-state index in [9.17, 15) is 0 Å². The van der Waals surface area contributed by atoms with Crippen molar-refractivity contribution in [2.45, 2.75) is 19.6 Å². The summed E-state index contributed by atoms with van der Waals surface area (Å²) in [5.74, 6) is 2.48. The van der Waals surface area contributed by atoms with Crippen LogP contribution in [-0.4, -0.2) is 108 Å². The number of nitrogens with zero attached hydrogens (tertiary/aromatic N) is 9. The molecule has 9 nitrogen and oxygen atoms in total. The lowest BCUT2D eigenvalue weighted by molar-refractivity contribution is 0.245. The molecule has 0 atom stereocenters. The molecule has 0 unspecified atom stereocenters. The van der Waals surface area contributed by atoms with Crippen molar-refractivity contribution in [3.05, 3.63) is 108 Å². The Morgan fingerprint density at radius 2 is 0.578 bits per heavy atom. The molecule has 7 rings (SSSR count). The van der Waals surface area contributed by atoms with Crippen molar-refractivity contribution < 1.29 is 0 Å². The van der Waals surface area contributed by atoms with Gasteiger partial charge in [0.15, 0.2) is 0 Å². The summed E-state index contributed by atoms with van der Waals surface area (Å²) in [6.45, 7) is 14.5. The van der Waals surface area contributed by atoms with E-state index in [1.807, 2.05) is 0 Å². The Balaban J connectivity index is 1.04. The fourth-order valence-corrected chi connectivity index (χ4v) is 6.61. The van der Waals surface area contributed by atoms with Crippen LogP contribution in [0.3, 0.4) is 0 Å². The van der Waals surface area contributed by atoms with Crippen molar-refractivity contribution in [1.82, 2.24) is 29.7 Å². The first-order chi connectivity index (χ1) is 22.2. The van der Waals surface area contributed by atoms with Crippen molar-refractivity contribution in [2.75, 3.05) is 93.2 Å². The molecule has 0 bridgehead atoms.